The van der Waals surface area contributed by atoms with E-state index in [4.69, 9.17) is 5.41 Å². The summed E-state index contributed by atoms with van der Waals surface area (Å²) in [4.78, 5) is 6.36. The van der Waals surface area contributed by atoms with Crippen molar-refractivity contribution in [1.82, 2.24) is 15.6 Å². The number of nitrogens with zero attached hydrogens (tertiary/aromatic N) is 3. The van der Waals surface area contributed by atoms with Gasteiger partial charge in [-0.05, 0) is 65.1 Å². The molecular weight excluding hydrogens is 360 g/mol. The quantitative estimate of drug-likeness (QED) is 0.241. The van der Waals surface area contributed by atoms with Crippen molar-refractivity contribution in [1.29, 1.82) is 5.41 Å². The molecule has 6 heteroatoms. The van der Waals surface area contributed by atoms with Gasteiger partial charge in [0.15, 0.2) is 5.84 Å². The molecule has 6 nitrogen and oxygen atoms in total. The third kappa shape index (κ3) is 9.34. The second kappa shape index (κ2) is 12.7. The van der Waals surface area contributed by atoms with Gasteiger partial charge < -0.3 is 15.6 Å². The standard InChI is InChI=1S/C23H36N6/c1-8-27-28-14-19(4)17(2)9-11-20(5)25-16-26-23(24)21-12-10-18(3)22(13-21)15-29(6)7/h9-14,16,19,27H,8,15H2,1-7H3,(H2,24,25,26)/b17-9+,20-11+,28-14-. The molecule has 0 bridgehead atoms. The SMILES string of the molecule is CCN/N=C\C(C)/C(C)=C/C=C(\C)N/C=N/C(=N)c1ccc(C)c(CN(C)C)c1. The van der Waals surface area contributed by atoms with Gasteiger partial charge >= 0.3 is 0 Å². The topological polar surface area (TPSA) is 75.9 Å². The first-order valence-electron chi connectivity index (χ1n) is 9.98. The average Bonchev–Trinajstić information content (AvgIpc) is 2.67. The summed E-state index contributed by atoms with van der Waals surface area (Å²) < 4.78 is 0. The molecule has 1 atom stereocenters. The lowest BCUT2D eigenvalue weighted by Gasteiger charge is -2.13. The first-order valence-corrected chi connectivity index (χ1v) is 9.98. The Morgan fingerprint density at radius 3 is 2.62 bits per heavy atom. The number of amidine groups is 1. The molecule has 0 aliphatic heterocycles. The summed E-state index contributed by atoms with van der Waals surface area (Å²) in [6, 6.07) is 6.03. The highest BCUT2D eigenvalue weighted by Crippen LogP contribution is 2.13. The summed E-state index contributed by atoms with van der Waals surface area (Å²) in [5, 5.41) is 15.5. The monoisotopic (exact) mass is 396 g/mol. The van der Waals surface area contributed by atoms with Gasteiger partial charge in [0.05, 0.1) is 6.34 Å². The van der Waals surface area contributed by atoms with Crippen LogP contribution in [0.25, 0.3) is 0 Å². The van der Waals surface area contributed by atoms with E-state index < -0.39 is 0 Å². The van der Waals surface area contributed by atoms with Gasteiger partial charge in [-0.2, -0.15) is 5.10 Å². The molecule has 0 aliphatic carbocycles. The molecule has 0 saturated heterocycles. The zero-order chi connectivity index (χ0) is 21.8. The van der Waals surface area contributed by atoms with Gasteiger partial charge in [0.25, 0.3) is 0 Å². The van der Waals surface area contributed by atoms with Crippen molar-refractivity contribution in [2.75, 3.05) is 20.6 Å². The molecule has 0 amide bonds. The molecule has 158 valence electrons. The summed E-state index contributed by atoms with van der Waals surface area (Å²) in [5.74, 6) is 0.503. The second-order valence-corrected chi connectivity index (χ2v) is 7.47. The predicted octanol–water partition coefficient (Wildman–Crippen LogP) is 4.08. The first-order chi connectivity index (χ1) is 13.7. The molecule has 0 saturated carbocycles. The largest absolute Gasteiger partial charge is 0.350 e. The van der Waals surface area contributed by atoms with E-state index in [1.54, 1.807) is 6.34 Å². The van der Waals surface area contributed by atoms with Crippen molar-refractivity contribution in [2.45, 2.75) is 41.2 Å². The minimum atomic E-state index is 0.241. The Bertz CT molecular complexity index is 787. The van der Waals surface area contributed by atoms with Crippen LogP contribution in [0.4, 0.5) is 0 Å². The third-order valence-corrected chi connectivity index (χ3v) is 4.46. The summed E-state index contributed by atoms with van der Waals surface area (Å²) in [5.41, 5.74) is 8.36. The molecule has 1 aromatic carbocycles. The van der Waals surface area contributed by atoms with E-state index in [2.05, 4.69) is 52.6 Å². The van der Waals surface area contributed by atoms with E-state index in [0.29, 0.717) is 0 Å². The highest BCUT2D eigenvalue weighted by molar-refractivity contribution is 6.00. The number of allylic oxidation sites excluding steroid dienone is 4. The molecule has 0 spiro atoms. The molecule has 1 rings (SSSR count). The number of hydrogen-bond acceptors (Lipinski definition) is 4. The highest BCUT2D eigenvalue weighted by Gasteiger charge is 2.05. The summed E-state index contributed by atoms with van der Waals surface area (Å²) >= 11 is 0. The Kier molecular flexibility index (Phi) is 10.6. The van der Waals surface area contributed by atoms with Gasteiger partial charge in [0, 0.05) is 36.5 Å². The molecule has 0 heterocycles. The van der Waals surface area contributed by atoms with Crippen LogP contribution in [0.5, 0.6) is 0 Å². The van der Waals surface area contributed by atoms with Crippen LogP contribution in [0, 0.1) is 18.3 Å². The fraction of sp³-hybridized carbons (Fsp3) is 0.435. The number of nitrogens with one attached hydrogen (secondary N) is 3. The van der Waals surface area contributed by atoms with Crippen LogP contribution >= 0.6 is 0 Å². The molecule has 0 aromatic heterocycles. The van der Waals surface area contributed by atoms with E-state index in [1.165, 1.54) is 16.7 Å². The maximum atomic E-state index is 8.23. The Morgan fingerprint density at radius 2 is 1.97 bits per heavy atom. The van der Waals surface area contributed by atoms with Crippen LogP contribution in [0.1, 0.15) is 44.4 Å². The van der Waals surface area contributed by atoms with Crippen LogP contribution in [0.2, 0.25) is 0 Å². The molecule has 3 N–H and O–H groups in total. The van der Waals surface area contributed by atoms with Gasteiger partial charge in [-0.1, -0.05) is 30.7 Å². The van der Waals surface area contributed by atoms with Crippen LogP contribution in [0.3, 0.4) is 0 Å². The van der Waals surface area contributed by atoms with Gasteiger partial charge in [0.2, 0.25) is 0 Å². The fourth-order valence-electron chi connectivity index (χ4n) is 2.43. The number of hydrogen-bond donors (Lipinski definition) is 3. The minimum Gasteiger partial charge on any atom is -0.350 e. The molecule has 29 heavy (non-hydrogen) atoms. The van der Waals surface area contributed by atoms with Crippen molar-refractivity contribution < 1.29 is 0 Å². The molecule has 1 aromatic rings. The van der Waals surface area contributed by atoms with Crippen LogP contribution in [-0.4, -0.2) is 43.9 Å². The highest BCUT2D eigenvalue weighted by atomic mass is 15.3. The second-order valence-electron chi connectivity index (χ2n) is 7.47. The van der Waals surface area contributed by atoms with Crippen LogP contribution in [0.15, 0.2) is 51.7 Å². The summed E-state index contributed by atoms with van der Waals surface area (Å²) in [7, 11) is 4.08. The molecule has 1 unspecified atom stereocenters. The maximum absolute atomic E-state index is 8.23. The van der Waals surface area contributed by atoms with Crippen molar-refractivity contribution >= 4 is 18.4 Å². The van der Waals surface area contributed by atoms with E-state index in [0.717, 1.165) is 24.4 Å². The summed E-state index contributed by atoms with van der Waals surface area (Å²) in [6.07, 6.45) is 7.54. The predicted molar refractivity (Wildman–Crippen MR) is 126 cm³/mol. The number of hydrazone groups is 1. The van der Waals surface area contributed by atoms with Crippen LogP contribution in [-0.2, 0) is 6.54 Å². The van der Waals surface area contributed by atoms with E-state index in [-0.39, 0.29) is 11.8 Å². The van der Waals surface area contributed by atoms with E-state index >= 15 is 0 Å². The lowest BCUT2D eigenvalue weighted by molar-refractivity contribution is 0.401. The molecular formula is C23H36N6. The van der Waals surface area contributed by atoms with Gasteiger partial charge in [-0.3, -0.25) is 5.41 Å². The zero-order valence-corrected chi connectivity index (χ0v) is 18.9. The number of benzene rings is 1. The van der Waals surface area contributed by atoms with Gasteiger partial charge in [0.1, 0.15) is 0 Å². The lowest BCUT2D eigenvalue weighted by atomic mass is 10.0. The van der Waals surface area contributed by atoms with Crippen molar-refractivity contribution in [2.24, 2.45) is 16.0 Å². The molecule has 0 aliphatic rings. The average molecular weight is 397 g/mol. The Hall–Kier alpha value is -2.73. The minimum absolute atomic E-state index is 0.241. The van der Waals surface area contributed by atoms with Crippen molar-refractivity contribution in [3.05, 3.63) is 58.3 Å². The zero-order valence-electron chi connectivity index (χ0n) is 18.9. The van der Waals surface area contributed by atoms with Crippen molar-refractivity contribution in [3.63, 3.8) is 0 Å². The Balaban J connectivity index is 2.69. The lowest BCUT2D eigenvalue weighted by Crippen LogP contribution is -2.13. The van der Waals surface area contributed by atoms with E-state index in [1.807, 2.05) is 58.4 Å². The van der Waals surface area contributed by atoms with Gasteiger partial charge in [-0.15, -0.1) is 0 Å². The third-order valence-electron chi connectivity index (χ3n) is 4.46. The Morgan fingerprint density at radius 1 is 1.24 bits per heavy atom. The van der Waals surface area contributed by atoms with Crippen LogP contribution < -0.4 is 10.7 Å². The molecule has 0 radical (unpaired) electrons. The summed E-state index contributed by atoms with van der Waals surface area (Å²) in [6.45, 7) is 11.9. The normalized spacial score (nSPS) is 14.1. The van der Waals surface area contributed by atoms with E-state index in [9.17, 15) is 0 Å². The number of aryl methyl sites for hydroxylation is 1. The van der Waals surface area contributed by atoms with Gasteiger partial charge in [-0.25, -0.2) is 4.99 Å². The maximum Gasteiger partial charge on any atom is 0.153 e. The molecule has 0 fully saturated rings. The number of rotatable bonds is 10. The fourth-order valence-corrected chi connectivity index (χ4v) is 2.43. The first kappa shape index (κ1) is 24.3. The Labute approximate surface area is 176 Å². The number of aliphatic imine (C=N–C) groups is 1. The van der Waals surface area contributed by atoms with Crippen molar-refractivity contribution in [3.8, 4) is 0 Å². The smallest absolute Gasteiger partial charge is 0.153 e.